The van der Waals surface area contributed by atoms with Crippen LogP contribution in [-0.4, -0.2) is 47.3 Å². The number of β-amino-alcohol motifs (C(OH)–C–C–N with tert-alkyl or cyclic N) is 1. The van der Waals surface area contributed by atoms with Gasteiger partial charge in [-0.15, -0.1) is 0 Å². The largest absolute Gasteiger partial charge is 0.490 e. The molecular weight excluding hydrogens is 452 g/mol. The summed E-state index contributed by atoms with van der Waals surface area (Å²) in [4.78, 5) is 6.58. The van der Waals surface area contributed by atoms with Crippen LogP contribution in [-0.2, 0) is 0 Å². The van der Waals surface area contributed by atoms with E-state index in [0.29, 0.717) is 35.4 Å². The number of benzene rings is 3. The maximum atomic E-state index is 10.7. The molecule has 3 heterocycles. The van der Waals surface area contributed by atoms with Gasteiger partial charge >= 0.3 is 0 Å². The molecule has 1 N–H and O–H groups in total. The summed E-state index contributed by atoms with van der Waals surface area (Å²) in [6.07, 6.45) is 3.30. The number of nitrogens with zero attached hydrogens (tertiary/aromatic N) is 2. The van der Waals surface area contributed by atoms with Gasteiger partial charge in [-0.1, -0.05) is 48.5 Å². The van der Waals surface area contributed by atoms with E-state index in [9.17, 15) is 5.11 Å². The molecule has 6 rings (SSSR count). The highest BCUT2D eigenvalue weighted by Gasteiger charge is 2.23. The molecule has 3 aromatic carbocycles. The fourth-order valence-electron chi connectivity index (χ4n) is 5.18. The van der Waals surface area contributed by atoms with Crippen molar-refractivity contribution in [2.24, 2.45) is 0 Å². The highest BCUT2D eigenvalue weighted by atomic mass is 16.5. The molecule has 184 valence electrons. The molecule has 6 nitrogen and oxygen atoms in total. The van der Waals surface area contributed by atoms with E-state index in [-0.39, 0.29) is 6.61 Å². The van der Waals surface area contributed by atoms with Crippen molar-refractivity contribution in [1.29, 1.82) is 0 Å². The summed E-state index contributed by atoms with van der Waals surface area (Å²) >= 11 is 0. The van der Waals surface area contributed by atoms with E-state index in [0.717, 1.165) is 37.1 Å². The van der Waals surface area contributed by atoms with Gasteiger partial charge in [0.15, 0.2) is 5.76 Å². The number of piperidine rings is 1. The predicted molar refractivity (Wildman–Crippen MR) is 140 cm³/mol. The highest BCUT2D eigenvalue weighted by molar-refractivity contribution is 5.87. The minimum atomic E-state index is -0.571. The zero-order chi connectivity index (χ0) is 24.5. The maximum absolute atomic E-state index is 10.7. The molecule has 0 saturated carbocycles. The van der Waals surface area contributed by atoms with Gasteiger partial charge in [0.1, 0.15) is 29.8 Å². The van der Waals surface area contributed by atoms with Crippen LogP contribution in [0.2, 0.25) is 0 Å². The number of fused-ring (bicyclic) bond motifs is 2. The normalized spacial score (nSPS) is 16.1. The second-order valence-corrected chi connectivity index (χ2v) is 9.70. The number of hydrogen-bond donors (Lipinski definition) is 1. The van der Waals surface area contributed by atoms with Crippen LogP contribution < -0.4 is 4.74 Å². The summed E-state index contributed by atoms with van der Waals surface area (Å²) in [6, 6.07) is 22.9. The summed E-state index contributed by atoms with van der Waals surface area (Å²) in [5.41, 5.74) is 2.12. The third-order valence-electron chi connectivity index (χ3n) is 7.09. The van der Waals surface area contributed by atoms with Crippen molar-refractivity contribution >= 4 is 21.7 Å². The van der Waals surface area contributed by atoms with Crippen LogP contribution >= 0.6 is 0 Å². The number of aromatic nitrogens is 1. The van der Waals surface area contributed by atoms with Gasteiger partial charge in [-0.3, -0.25) is 0 Å². The molecule has 0 radical (unpaired) electrons. The average molecular weight is 483 g/mol. The zero-order valence-electron chi connectivity index (χ0n) is 20.4. The number of aliphatic hydroxyl groups is 1. The first-order valence-corrected chi connectivity index (χ1v) is 12.6. The van der Waals surface area contributed by atoms with E-state index >= 15 is 0 Å². The van der Waals surface area contributed by atoms with Crippen LogP contribution in [0, 0.1) is 6.92 Å². The molecule has 0 unspecified atom stereocenters. The molecule has 36 heavy (non-hydrogen) atoms. The monoisotopic (exact) mass is 482 g/mol. The number of likely N-dealkylation sites (tertiary alicyclic amines) is 1. The number of aryl methyl sites for hydroxylation is 1. The summed E-state index contributed by atoms with van der Waals surface area (Å²) in [5, 5.41) is 14.1. The van der Waals surface area contributed by atoms with Crippen LogP contribution in [0.1, 0.15) is 30.1 Å². The molecule has 2 aromatic heterocycles. The van der Waals surface area contributed by atoms with Crippen molar-refractivity contribution in [1.82, 2.24) is 9.88 Å². The van der Waals surface area contributed by atoms with Gasteiger partial charge in [-0.25, -0.2) is 4.98 Å². The Hall–Kier alpha value is -3.61. The van der Waals surface area contributed by atoms with Crippen molar-refractivity contribution in [3.63, 3.8) is 0 Å². The molecule has 1 atom stereocenters. The van der Waals surface area contributed by atoms with Crippen molar-refractivity contribution < 1.29 is 18.7 Å². The second-order valence-electron chi connectivity index (χ2n) is 9.70. The summed E-state index contributed by atoms with van der Waals surface area (Å²) in [7, 11) is 0. The first-order valence-electron chi connectivity index (χ1n) is 12.6. The predicted octanol–water partition coefficient (Wildman–Crippen LogP) is 6.17. The standard InChI is InChI=1S/C30H30N2O4/c1-20-17-31-30(35-20)29-16-26-27(7-4-8-28(26)36-29)34-19-25(33)18-32-13-11-22(12-14-32)24-10-9-21-5-2-3-6-23(21)15-24/h2-10,15-17,22,25,33H,11-14,18-19H2,1H3/t25-/m0/s1. The number of furan rings is 1. The SMILES string of the molecule is Cc1cnc(-c2cc3c(OC[C@@H](O)CN4CCC(c5ccc6ccccc6c5)CC4)cccc3o2)o1. The lowest BCUT2D eigenvalue weighted by Crippen LogP contribution is -2.40. The number of hydrogen-bond acceptors (Lipinski definition) is 6. The Bertz CT molecular complexity index is 1480. The fraction of sp³-hybridized carbons (Fsp3) is 0.300. The summed E-state index contributed by atoms with van der Waals surface area (Å²) in [5.74, 6) is 2.98. The third-order valence-corrected chi connectivity index (χ3v) is 7.09. The molecule has 0 aliphatic carbocycles. The molecule has 5 aromatic rings. The van der Waals surface area contributed by atoms with E-state index in [1.807, 2.05) is 31.2 Å². The molecule has 1 fully saturated rings. The molecule has 0 bridgehead atoms. The van der Waals surface area contributed by atoms with Crippen molar-refractivity contribution in [3.05, 3.63) is 84.3 Å². The first-order chi connectivity index (χ1) is 17.6. The molecule has 1 aliphatic rings. The Labute approximate surface area is 210 Å². The van der Waals surface area contributed by atoms with Crippen LogP contribution in [0.25, 0.3) is 33.4 Å². The van der Waals surface area contributed by atoms with Gasteiger partial charge in [-0.2, -0.15) is 0 Å². The molecular formula is C30H30N2O4. The van der Waals surface area contributed by atoms with Gasteiger partial charge in [0, 0.05) is 12.6 Å². The first kappa shape index (κ1) is 22.8. The number of oxazole rings is 1. The lowest BCUT2D eigenvalue weighted by Gasteiger charge is -2.33. The van der Waals surface area contributed by atoms with Crippen LogP contribution in [0.15, 0.2) is 81.8 Å². The Kier molecular flexibility index (Phi) is 6.21. The molecule has 6 heteroatoms. The molecule has 1 aliphatic heterocycles. The van der Waals surface area contributed by atoms with Crippen molar-refractivity contribution in [2.75, 3.05) is 26.2 Å². The third kappa shape index (κ3) is 4.74. The van der Waals surface area contributed by atoms with Gasteiger partial charge < -0.3 is 23.6 Å². The topological polar surface area (TPSA) is 71.9 Å². The van der Waals surface area contributed by atoms with Gasteiger partial charge in [0.05, 0.1) is 11.6 Å². The van der Waals surface area contributed by atoms with Crippen LogP contribution in [0.5, 0.6) is 5.75 Å². The van der Waals surface area contributed by atoms with E-state index in [4.69, 9.17) is 13.6 Å². The summed E-state index contributed by atoms with van der Waals surface area (Å²) < 4.78 is 17.5. The molecule has 1 saturated heterocycles. The van der Waals surface area contributed by atoms with Crippen LogP contribution in [0.4, 0.5) is 0 Å². The average Bonchev–Trinajstić information content (AvgIpc) is 3.54. The van der Waals surface area contributed by atoms with Gasteiger partial charge in [0.25, 0.3) is 5.89 Å². The number of ether oxygens (including phenoxy) is 1. The zero-order valence-corrected chi connectivity index (χ0v) is 20.4. The van der Waals surface area contributed by atoms with Crippen molar-refractivity contribution in [3.8, 4) is 17.4 Å². The van der Waals surface area contributed by atoms with E-state index in [1.165, 1.54) is 16.3 Å². The quantitative estimate of drug-likeness (QED) is 0.299. The highest BCUT2D eigenvalue weighted by Crippen LogP contribution is 2.34. The minimum absolute atomic E-state index is 0.225. The lowest BCUT2D eigenvalue weighted by atomic mass is 9.88. The Morgan fingerprint density at radius 1 is 1.00 bits per heavy atom. The second kappa shape index (κ2) is 9.80. The number of aliphatic hydroxyl groups excluding tert-OH is 1. The Morgan fingerprint density at radius 2 is 1.83 bits per heavy atom. The van der Waals surface area contributed by atoms with E-state index in [1.54, 1.807) is 6.20 Å². The van der Waals surface area contributed by atoms with E-state index < -0.39 is 6.10 Å². The maximum Gasteiger partial charge on any atom is 0.263 e. The Morgan fingerprint density at radius 3 is 2.64 bits per heavy atom. The summed E-state index contributed by atoms with van der Waals surface area (Å²) in [6.45, 7) is 4.63. The lowest BCUT2D eigenvalue weighted by molar-refractivity contribution is 0.0599. The van der Waals surface area contributed by atoms with Crippen LogP contribution in [0.3, 0.4) is 0 Å². The Balaban J connectivity index is 1.04. The minimum Gasteiger partial charge on any atom is -0.490 e. The fourth-order valence-corrected chi connectivity index (χ4v) is 5.18. The smallest absolute Gasteiger partial charge is 0.263 e. The number of rotatable bonds is 7. The molecule has 0 amide bonds. The molecule has 0 spiro atoms. The van der Waals surface area contributed by atoms with E-state index in [2.05, 4.69) is 52.3 Å². The van der Waals surface area contributed by atoms with Gasteiger partial charge in [0.2, 0.25) is 0 Å². The van der Waals surface area contributed by atoms with Crippen molar-refractivity contribution in [2.45, 2.75) is 31.8 Å². The van der Waals surface area contributed by atoms with Gasteiger partial charge in [-0.05, 0) is 67.2 Å².